The van der Waals surface area contributed by atoms with Gasteiger partial charge in [-0.15, -0.1) is 0 Å². The van der Waals surface area contributed by atoms with Gasteiger partial charge in [-0.3, -0.25) is 14.4 Å². The van der Waals surface area contributed by atoms with Crippen molar-refractivity contribution in [1.29, 1.82) is 0 Å². The number of ether oxygens (including phenoxy) is 1. The van der Waals surface area contributed by atoms with Gasteiger partial charge in [-0.05, 0) is 62.2 Å². The molecule has 1 heterocycles. The monoisotopic (exact) mass is 344 g/mol. The summed E-state index contributed by atoms with van der Waals surface area (Å²) >= 11 is 0. The molecule has 4 heteroatoms. The van der Waals surface area contributed by atoms with Crippen molar-refractivity contribution < 1.29 is 19.1 Å². The van der Waals surface area contributed by atoms with Gasteiger partial charge >= 0.3 is 5.97 Å². The summed E-state index contributed by atoms with van der Waals surface area (Å²) in [5.41, 5.74) is -0.351. The number of esters is 1. The van der Waals surface area contributed by atoms with Crippen LogP contribution in [0.5, 0.6) is 0 Å². The van der Waals surface area contributed by atoms with E-state index < -0.39 is 0 Å². The van der Waals surface area contributed by atoms with Crippen molar-refractivity contribution in [2.24, 2.45) is 40.4 Å². The van der Waals surface area contributed by atoms with E-state index in [4.69, 9.17) is 4.74 Å². The number of carbonyl (C=O) groups excluding carboxylic acids is 3. The fourth-order valence-corrected chi connectivity index (χ4v) is 7.97. The molecule has 5 fully saturated rings. The Bertz CT molecular complexity index is 669. The third kappa shape index (κ3) is 1.81. The minimum absolute atomic E-state index is 0.0181. The first-order chi connectivity index (χ1) is 11.9. The van der Waals surface area contributed by atoms with Crippen molar-refractivity contribution in [3.63, 3.8) is 0 Å². The number of Topliss-reactive ketones (excluding diaryl/α,β-unsaturated/α-hetero) is 2. The quantitative estimate of drug-likeness (QED) is 0.633. The zero-order chi connectivity index (χ0) is 17.6. The van der Waals surface area contributed by atoms with Crippen LogP contribution in [-0.2, 0) is 19.1 Å². The van der Waals surface area contributed by atoms with Crippen LogP contribution in [0.1, 0.15) is 65.2 Å². The van der Waals surface area contributed by atoms with E-state index >= 15 is 0 Å². The van der Waals surface area contributed by atoms with Gasteiger partial charge in [0.05, 0.1) is 5.41 Å². The molecule has 5 rings (SSSR count). The van der Waals surface area contributed by atoms with Crippen LogP contribution < -0.4 is 0 Å². The molecule has 4 saturated carbocycles. The Labute approximate surface area is 149 Å². The number of hydrogen-bond acceptors (Lipinski definition) is 4. The Balaban J connectivity index is 1.53. The highest BCUT2D eigenvalue weighted by Gasteiger charge is 2.69. The van der Waals surface area contributed by atoms with E-state index in [1.165, 1.54) is 0 Å². The molecule has 0 bridgehead atoms. The van der Waals surface area contributed by atoms with E-state index in [2.05, 4.69) is 6.92 Å². The SMILES string of the molecule is C[C@@H]1OC(=O)[C@]23CC[C@H]4[C@@H](CC(=O)[C@H]5CC(=O)CC[C@@]54C)[C@@H]2CC[C@H]13. The number of ketones is 2. The third-order valence-electron chi connectivity index (χ3n) is 9.10. The van der Waals surface area contributed by atoms with Gasteiger partial charge in [-0.2, -0.15) is 0 Å². The molecule has 136 valence electrons. The van der Waals surface area contributed by atoms with Crippen molar-refractivity contribution in [3.05, 3.63) is 0 Å². The van der Waals surface area contributed by atoms with Crippen molar-refractivity contribution in [2.75, 3.05) is 0 Å². The number of cyclic esters (lactones) is 1. The van der Waals surface area contributed by atoms with Crippen molar-refractivity contribution in [2.45, 2.75) is 71.3 Å². The average Bonchev–Trinajstić information content (AvgIpc) is 3.07. The highest BCUT2D eigenvalue weighted by Crippen LogP contribution is 2.69. The van der Waals surface area contributed by atoms with E-state index in [9.17, 15) is 14.4 Å². The zero-order valence-corrected chi connectivity index (χ0v) is 15.3. The van der Waals surface area contributed by atoms with Crippen molar-refractivity contribution in [3.8, 4) is 0 Å². The maximum atomic E-state index is 13.0. The van der Waals surface area contributed by atoms with Crippen LogP contribution in [-0.4, -0.2) is 23.6 Å². The van der Waals surface area contributed by atoms with Gasteiger partial charge in [-0.1, -0.05) is 6.92 Å². The standard InChI is InChI=1S/C21H28O4/c1-11-14-3-4-16-13-10-18(23)17-9-12(22)5-7-20(17,2)15(13)6-8-21(14,16)19(24)25-11/h11,13-17H,3-10H2,1-2H3/t11-,13+,14+,15-,16-,17+,20+,21-/m0/s1. The number of fused-ring (bicyclic) bond motifs is 4. The summed E-state index contributed by atoms with van der Waals surface area (Å²) in [4.78, 5) is 37.8. The van der Waals surface area contributed by atoms with Gasteiger partial charge in [0.2, 0.25) is 0 Å². The molecular formula is C21H28O4. The molecule has 0 aromatic heterocycles. The van der Waals surface area contributed by atoms with Crippen LogP contribution in [0.15, 0.2) is 0 Å². The summed E-state index contributed by atoms with van der Waals surface area (Å²) in [6, 6.07) is 0. The third-order valence-corrected chi connectivity index (χ3v) is 9.10. The maximum absolute atomic E-state index is 13.0. The lowest BCUT2D eigenvalue weighted by Gasteiger charge is -2.58. The van der Waals surface area contributed by atoms with Gasteiger partial charge in [0.15, 0.2) is 0 Å². The minimum atomic E-state index is -0.311. The van der Waals surface area contributed by atoms with Crippen molar-refractivity contribution >= 4 is 17.5 Å². The normalized spacial score (nSPS) is 54.4. The van der Waals surface area contributed by atoms with Gasteiger partial charge in [0, 0.05) is 31.1 Å². The second-order valence-corrected chi connectivity index (χ2v) is 9.72. The van der Waals surface area contributed by atoms with Crippen LogP contribution in [0.4, 0.5) is 0 Å². The molecule has 0 aromatic rings. The molecule has 1 aliphatic heterocycles. The molecule has 1 saturated heterocycles. The van der Waals surface area contributed by atoms with Gasteiger partial charge in [-0.25, -0.2) is 0 Å². The molecule has 0 unspecified atom stereocenters. The fourth-order valence-electron chi connectivity index (χ4n) is 7.97. The van der Waals surface area contributed by atoms with Crippen LogP contribution >= 0.6 is 0 Å². The van der Waals surface area contributed by atoms with E-state index in [1.807, 2.05) is 6.92 Å². The van der Waals surface area contributed by atoms with E-state index in [0.29, 0.717) is 42.9 Å². The first-order valence-electron chi connectivity index (χ1n) is 10.1. The lowest BCUT2D eigenvalue weighted by molar-refractivity contribution is -0.168. The number of rotatable bonds is 0. The summed E-state index contributed by atoms with van der Waals surface area (Å²) in [5, 5.41) is 0. The molecule has 1 spiro atoms. The molecule has 5 aliphatic rings. The molecule has 8 atom stereocenters. The van der Waals surface area contributed by atoms with Gasteiger partial charge < -0.3 is 4.74 Å². The Kier molecular flexibility index (Phi) is 3.17. The first kappa shape index (κ1) is 16.0. The Hall–Kier alpha value is -1.19. The molecule has 25 heavy (non-hydrogen) atoms. The van der Waals surface area contributed by atoms with E-state index in [-0.39, 0.29) is 40.4 Å². The molecule has 4 aliphatic carbocycles. The highest BCUT2D eigenvalue weighted by atomic mass is 16.6. The average molecular weight is 344 g/mol. The number of hydrogen-bond donors (Lipinski definition) is 0. The lowest BCUT2D eigenvalue weighted by Crippen LogP contribution is -2.57. The minimum Gasteiger partial charge on any atom is -0.462 e. The number of carbonyl (C=O) groups is 3. The lowest BCUT2D eigenvalue weighted by atomic mass is 9.44. The molecule has 0 amide bonds. The van der Waals surface area contributed by atoms with Crippen LogP contribution in [0, 0.1) is 40.4 Å². The maximum Gasteiger partial charge on any atom is 0.313 e. The van der Waals surface area contributed by atoms with Gasteiger partial charge in [0.1, 0.15) is 17.7 Å². The molecule has 0 aromatic carbocycles. The second kappa shape index (κ2) is 4.95. The summed E-state index contributed by atoms with van der Waals surface area (Å²) in [6.07, 6.45) is 6.63. The van der Waals surface area contributed by atoms with E-state index in [1.54, 1.807) is 0 Å². The largest absolute Gasteiger partial charge is 0.462 e. The summed E-state index contributed by atoms with van der Waals surface area (Å²) in [5.74, 6) is 1.96. The summed E-state index contributed by atoms with van der Waals surface area (Å²) < 4.78 is 5.67. The predicted octanol–water partition coefficient (Wildman–Crippen LogP) is 3.32. The van der Waals surface area contributed by atoms with Crippen LogP contribution in [0.3, 0.4) is 0 Å². The second-order valence-electron chi connectivity index (χ2n) is 9.72. The van der Waals surface area contributed by atoms with E-state index in [0.717, 1.165) is 32.1 Å². The molecule has 0 radical (unpaired) electrons. The predicted molar refractivity (Wildman–Crippen MR) is 90.5 cm³/mol. The highest BCUT2D eigenvalue weighted by molar-refractivity contribution is 5.91. The smallest absolute Gasteiger partial charge is 0.313 e. The van der Waals surface area contributed by atoms with Gasteiger partial charge in [0.25, 0.3) is 0 Å². The topological polar surface area (TPSA) is 60.4 Å². The molecule has 0 N–H and O–H groups in total. The Morgan fingerprint density at radius 3 is 2.52 bits per heavy atom. The Morgan fingerprint density at radius 2 is 1.72 bits per heavy atom. The fraction of sp³-hybridized carbons (Fsp3) is 0.857. The summed E-state index contributed by atoms with van der Waals surface area (Å²) in [6.45, 7) is 4.31. The van der Waals surface area contributed by atoms with Crippen molar-refractivity contribution in [1.82, 2.24) is 0 Å². The Morgan fingerprint density at radius 1 is 0.960 bits per heavy atom. The summed E-state index contributed by atoms with van der Waals surface area (Å²) in [7, 11) is 0. The van der Waals surface area contributed by atoms with Crippen LogP contribution in [0.2, 0.25) is 0 Å². The van der Waals surface area contributed by atoms with Crippen LogP contribution in [0.25, 0.3) is 0 Å². The molecule has 4 nitrogen and oxygen atoms in total. The molecular weight excluding hydrogens is 316 g/mol. The first-order valence-corrected chi connectivity index (χ1v) is 10.1. The zero-order valence-electron chi connectivity index (χ0n) is 15.3.